The van der Waals surface area contributed by atoms with E-state index in [1.807, 2.05) is 36.7 Å². The fourth-order valence-corrected chi connectivity index (χ4v) is 3.51. The van der Waals surface area contributed by atoms with Crippen LogP contribution in [0.4, 0.5) is 5.82 Å². The average Bonchev–Trinajstić information content (AvgIpc) is 3.31. The predicted molar refractivity (Wildman–Crippen MR) is 104 cm³/mol. The van der Waals surface area contributed by atoms with Gasteiger partial charge in [0, 0.05) is 31.1 Å². The molecule has 0 saturated carbocycles. The molecule has 0 aliphatic carbocycles. The summed E-state index contributed by atoms with van der Waals surface area (Å²) in [5.74, 6) is 1.37. The predicted octanol–water partition coefficient (Wildman–Crippen LogP) is 3.77. The maximum absolute atomic E-state index is 12.6. The van der Waals surface area contributed by atoms with Crippen molar-refractivity contribution in [2.45, 2.75) is 45.3 Å². The summed E-state index contributed by atoms with van der Waals surface area (Å²) in [4.78, 5) is 12.6. The number of amides is 1. The molecule has 1 amide bonds. The summed E-state index contributed by atoms with van der Waals surface area (Å²) in [5.41, 5.74) is 3.35. The van der Waals surface area contributed by atoms with Gasteiger partial charge in [-0.1, -0.05) is 24.3 Å². The van der Waals surface area contributed by atoms with Crippen molar-refractivity contribution in [1.29, 1.82) is 0 Å². The van der Waals surface area contributed by atoms with Gasteiger partial charge < -0.3 is 15.1 Å². The molecule has 0 fully saturated rings. The van der Waals surface area contributed by atoms with Crippen LogP contribution in [-0.2, 0) is 17.8 Å². The van der Waals surface area contributed by atoms with E-state index < -0.39 is 0 Å². The molecule has 4 rings (SSSR count). The van der Waals surface area contributed by atoms with Crippen molar-refractivity contribution < 1.29 is 9.21 Å². The lowest BCUT2D eigenvalue weighted by atomic mass is 9.94. The van der Waals surface area contributed by atoms with Gasteiger partial charge >= 0.3 is 0 Å². The Kier molecular flexibility index (Phi) is 4.81. The van der Waals surface area contributed by atoms with Crippen LogP contribution in [0.3, 0.4) is 0 Å². The number of furan rings is 1. The minimum absolute atomic E-state index is 0.0142. The molecule has 3 aromatic rings. The Morgan fingerprint density at radius 3 is 2.85 bits per heavy atom. The monoisotopic (exact) mass is 364 g/mol. The van der Waals surface area contributed by atoms with Gasteiger partial charge in [0.2, 0.25) is 5.91 Å². The van der Waals surface area contributed by atoms with Gasteiger partial charge in [-0.05, 0) is 43.5 Å². The van der Waals surface area contributed by atoms with Crippen molar-refractivity contribution in [2.24, 2.45) is 0 Å². The Bertz CT molecular complexity index is 928. The van der Waals surface area contributed by atoms with Gasteiger partial charge in [-0.3, -0.25) is 4.79 Å². The fraction of sp³-hybridized carbons (Fsp3) is 0.333. The topological polar surface area (TPSA) is 72.1 Å². The molecule has 0 spiro atoms. The van der Waals surface area contributed by atoms with Crippen molar-refractivity contribution in [3.05, 3.63) is 59.9 Å². The lowest BCUT2D eigenvalue weighted by Gasteiger charge is -2.25. The summed E-state index contributed by atoms with van der Waals surface area (Å²) in [6.45, 7) is 4.88. The Labute approximate surface area is 158 Å². The van der Waals surface area contributed by atoms with Crippen LogP contribution in [0.2, 0.25) is 0 Å². The zero-order valence-electron chi connectivity index (χ0n) is 15.6. The van der Waals surface area contributed by atoms with Crippen LogP contribution < -0.4 is 10.6 Å². The molecular formula is C21H24N4O2. The summed E-state index contributed by atoms with van der Waals surface area (Å²) < 4.78 is 7.25. The highest BCUT2D eigenvalue weighted by Gasteiger charge is 2.22. The van der Waals surface area contributed by atoms with Crippen molar-refractivity contribution in [1.82, 2.24) is 15.1 Å². The first-order valence-corrected chi connectivity index (χ1v) is 9.33. The number of fused-ring (bicyclic) bond motifs is 1. The molecule has 6 nitrogen and oxygen atoms in total. The van der Waals surface area contributed by atoms with Crippen molar-refractivity contribution in [3.63, 3.8) is 0 Å². The highest BCUT2D eigenvalue weighted by atomic mass is 16.3. The molecule has 0 radical (unpaired) electrons. The van der Waals surface area contributed by atoms with Crippen LogP contribution in [0.1, 0.15) is 37.4 Å². The minimum atomic E-state index is -0.0142. The van der Waals surface area contributed by atoms with E-state index >= 15 is 0 Å². The SMILES string of the molecule is CC(C)n1nc(-c2ccco2)cc1NC(=O)C[C@@H]1Cc2ccccc2CN1. The van der Waals surface area contributed by atoms with Crippen LogP contribution >= 0.6 is 0 Å². The van der Waals surface area contributed by atoms with Crippen LogP contribution in [0.15, 0.2) is 53.1 Å². The average molecular weight is 364 g/mol. The number of anilines is 1. The highest BCUT2D eigenvalue weighted by molar-refractivity contribution is 5.90. The lowest BCUT2D eigenvalue weighted by molar-refractivity contribution is -0.116. The molecular weight excluding hydrogens is 340 g/mol. The summed E-state index contributed by atoms with van der Waals surface area (Å²) in [6.07, 6.45) is 2.91. The maximum atomic E-state index is 12.6. The third-order valence-corrected chi connectivity index (χ3v) is 4.86. The zero-order chi connectivity index (χ0) is 18.8. The molecule has 1 aromatic carbocycles. The molecule has 2 N–H and O–H groups in total. The van der Waals surface area contributed by atoms with Crippen molar-refractivity contribution in [3.8, 4) is 11.5 Å². The zero-order valence-corrected chi connectivity index (χ0v) is 15.6. The molecule has 1 aliphatic rings. The van der Waals surface area contributed by atoms with Gasteiger partial charge in [-0.2, -0.15) is 5.10 Å². The molecule has 0 unspecified atom stereocenters. The number of hydrogen-bond acceptors (Lipinski definition) is 4. The molecule has 2 aromatic heterocycles. The van der Waals surface area contributed by atoms with E-state index in [4.69, 9.17) is 4.42 Å². The van der Waals surface area contributed by atoms with E-state index in [1.165, 1.54) is 11.1 Å². The number of nitrogens with zero attached hydrogens (tertiary/aromatic N) is 2. The smallest absolute Gasteiger partial charge is 0.227 e. The molecule has 6 heteroatoms. The first-order chi connectivity index (χ1) is 13.1. The molecule has 0 saturated heterocycles. The molecule has 0 bridgehead atoms. The second-order valence-corrected chi connectivity index (χ2v) is 7.23. The Hall–Kier alpha value is -2.86. The Morgan fingerprint density at radius 1 is 1.30 bits per heavy atom. The molecule has 27 heavy (non-hydrogen) atoms. The third-order valence-electron chi connectivity index (χ3n) is 4.86. The number of rotatable bonds is 5. The van der Waals surface area contributed by atoms with Gasteiger partial charge in [0.15, 0.2) is 5.76 Å². The van der Waals surface area contributed by atoms with Crippen molar-refractivity contribution in [2.75, 3.05) is 5.32 Å². The van der Waals surface area contributed by atoms with Crippen molar-refractivity contribution >= 4 is 11.7 Å². The second kappa shape index (κ2) is 7.40. The standard InChI is InChI=1S/C21H24N4O2/c1-14(2)25-20(12-18(24-25)19-8-5-9-27-19)23-21(26)11-17-10-15-6-3-4-7-16(15)13-22-17/h3-9,12,14,17,22H,10-11,13H2,1-2H3,(H,23,26)/t17-/m0/s1. The largest absolute Gasteiger partial charge is 0.463 e. The fourth-order valence-electron chi connectivity index (χ4n) is 3.51. The van der Waals surface area contributed by atoms with Gasteiger partial charge in [0.1, 0.15) is 11.5 Å². The van der Waals surface area contributed by atoms with Crippen LogP contribution in [-0.4, -0.2) is 21.7 Å². The minimum Gasteiger partial charge on any atom is -0.463 e. The highest BCUT2D eigenvalue weighted by Crippen LogP contribution is 2.25. The quantitative estimate of drug-likeness (QED) is 0.723. The van der Waals surface area contributed by atoms with Crippen LogP contribution in [0, 0.1) is 0 Å². The van der Waals surface area contributed by atoms with Gasteiger partial charge in [0.25, 0.3) is 0 Å². The van der Waals surface area contributed by atoms with E-state index in [0.29, 0.717) is 23.7 Å². The maximum Gasteiger partial charge on any atom is 0.227 e. The Morgan fingerprint density at radius 2 is 2.11 bits per heavy atom. The number of hydrogen-bond donors (Lipinski definition) is 2. The van der Waals surface area contributed by atoms with E-state index in [2.05, 4.69) is 40.0 Å². The number of carbonyl (C=O) groups excluding carboxylic acids is 1. The first kappa shape index (κ1) is 17.5. The number of aromatic nitrogens is 2. The van der Waals surface area contributed by atoms with Gasteiger partial charge in [0.05, 0.1) is 6.26 Å². The summed E-state index contributed by atoms with van der Waals surface area (Å²) in [6, 6.07) is 14.2. The van der Waals surface area contributed by atoms with E-state index in [0.717, 1.165) is 13.0 Å². The Balaban J connectivity index is 1.45. The van der Waals surface area contributed by atoms with E-state index in [9.17, 15) is 4.79 Å². The summed E-state index contributed by atoms with van der Waals surface area (Å²) >= 11 is 0. The third kappa shape index (κ3) is 3.80. The molecule has 3 heterocycles. The molecule has 1 atom stereocenters. The number of benzene rings is 1. The number of carbonyl (C=O) groups is 1. The van der Waals surface area contributed by atoms with Crippen LogP contribution in [0.5, 0.6) is 0 Å². The van der Waals surface area contributed by atoms with E-state index in [1.54, 1.807) is 6.26 Å². The molecule has 140 valence electrons. The normalized spacial score (nSPS) is 16.3. The first-order valence-electron chi connectivity index (χ1n) is 9.33. The summed E-state index contributed by atoms with van der Waals surface area (Å²) in [7, 11) is 0. The summed E-state index contributed by atoms with van der Waals surface area (Å²) in [5, 5.41) is 11.1. The lowest BCUT2D eigenvalue weighted by Crippen LogP contribution is -2.38. The molecule has 1 aliphatic heterocycles. The van der Waals surface area contributed by atoms with E-state index in [-0.39, 0.29) is 18.0 Å². The second-order valence-electron chi connectivity index (χ2n) is 7.23. The van der Waals surface area contributed by atoms with Gasteiger partial charge in [-0.15, -0.1) is 0 Å². The van der Waals surface area contributed by atoms with Gasteiger partial charge in [-0.25, -0.2) is 4.68 Å². The number of nitrogens with one attached hydrogen (secondary N) is 2. The van der Waals surface area contributed by atoms with Crippen LogP contribution in [0.25, 0.3) is 11.5 Å².